The molecule has 0 aliphatic heterocycles. The second-order valence-corrected chi connectivity index (χ2v) is 7.21. The summed E-state index contributed by atoms with van der Waals surface area (Å²) in [5.74, 6) is 1.33. The van der Waals surface area contributed by atoms with Gasteiger partial charge in [0.2, 0.25) is 5.91 Å². The average Bonchev–Trinajstić information content (AvgIpc) is 3.15. The van der Waals surface area contributed by atoms with Gasteiger partial charge in [0.1, 0.15) is 12.1 Å². The molecule has 1 aromatic carbocycles. The number of benzene rings is 1. The first kappa shape index (κ1) is 17.8. The summed E-state index contributed by atoms with van der Waals surface area (Å²) in [6.45, 7) is 0. The van der Waals surface area contributed by atoms with Crippen LogP contribution >= 0.6 is 11.8 Å². The minimum Gasteiger partial charge on any atom is -0.497 e. The molecule has 1 aliphatic rings. The van der Waals surface area contributed by atoms with E-state index in [0.717, 1.165) is 29.4 Å². The maximum absolute atomic E-state index is 12.5. The Morgan fingerprint density at radius 3 is 2.68 bits per heavy atom. The molecule has 1 heterocycles. The summed E-state index contributed by atoms with van der Waals surface area (Å²) < 4.78 is 7.07. The van der Waals surface area contributed by atoms with Gasteiger partial charge in [-0.3, -0.25) is 9.36 Å². The van der Waals surface area contributed by atoms with E-state index in [2.05, 4.69) is 10.2 Å². The Kier molecular flexibility index (Phi) is 5.96. The van der Waals surface area contributed by atoms with Gasteiger partial charge in [0, 0.05) is 18.8 Å². The lowest BCUT2D eigenvalue weighted by Crippen LogP contribution is -2.39. The summed E-state index contributed by atoms with van der Waals surface area (Å²) in [7, 11) is 3.57. The van der Waals surface area contributed by atoms with Crippen LogP contribution in [0.15, 0.2) is 35.7 Å². The van der Waals surface area contributed by atoms with Crippen molar-refractivity contribution in [1.29, 1.82) is 0 Å². The number of carbonyl (C=O) groups excluding carboxylic acids is 1. The SMILES string of the molecule is COc1ccc(-n2cnnc2SCC(=O)N(C)C2CCCCC2)cc1. The van der Waals surface area contributed by atoms with Crippen molar-refractivity contribution >= 4 is 17.7 Å². The summed E-state index contributed by atoms with van der Waals surface area (Å²) in [4.78, 5) is 14.4. The maximum atomic E-state index is 12.5. The zero-order chi connectivity index (χ0) is 17.6. The van der Waals surface area contributed by atoms with Crippen molar-refractivity contribution in [3.8, 4) is 11.4 Å². The lowest BCUT2D eigenvalue weighted by Gasteiger charge is -2.31. The minimum atomic E-state index is 0.154. The van der Waals surface area contributed by atoms with E-state index in [-0.39, 0.29) is 5.91 Å². The fourth-order valence-corrected chi connectivity index (χ4v) is 4.00. The lowest BCUT2D eigenvalue weighted by molar-refractivity contribution is -0.129. The lowest BCUT2D eigenvalue weighted by atomic mass is 9.94. The van der Waals surface area contributed by atoms with E-state index < -0.39 is 0 Å². The Balaban J connectivity index is 1.61. The van der Waals surface area contributed by atoms with Crippen molar-refractivity contribution in [3.63, 3.8) is 0 Å². The second-order valence-electron chi connectivity index (χ2n) is 6.27. The van der Waals surface area contributed by atoms with Crippen molar-refractivity contribution in [2.24, 2.45) is 0 Å². The molecule has 0 radical (unpaired) electrons. The zero-order valence-corrected chi connectivity index (χ0v) is 15.5. The fraction of sp³-hybridized carbons (Fsp3) is 0.500. The van der Waals surface area contributed by atoms with E-state index >= 15 is 0 Å². The highest BCUT2D eigenvalue weighted by molar-refractivity contribution is 7.99. The van der Waals surface area contributed by atoms with Crippen molar-refractivity contribution < 1.29 is 9.53 Å². The minimum absolute atomic E-state index is 0.154. The number of aromatic nitrogens is 3. The van der Waals surface area contributed by atoms with Gasteiger partial charge in [0.15, 0.2) is 5.16 Å². The molecule has 0 saturated heterocycles. The van der Waals surface area contributed by atoms with Crippen molar-refractivity contribution in [3.05, 3.63) is 30.6 Å². The number of methoxy groups -OCH3 is 1. The highest BCUT2D eigenvalue weighted by atomic mass is 32.2. The average molecular weight is 360 g/mol. The van der Waals surface area contributed by atoms with Crippen LogP contribution in [0.25, 0.3) is 5.69 Å². The Labute approximate surface area is 152 Å². The third kappa shape index (κ3) is 4.34. The van der Waals surface area contributed by atoms with Crippen LogP contribution in [0, 0.1) is 0 Å². The largest absolute Gasteiger partial charge is 0.497 e. The van der Waals surface area contributed by atoms with E-state index in [0.29, 0.717) is 11.8 Å². The molecule has 1 aromatic heterocycles. The summed E-state index contributed by atoms with van der Waals surface area (Å²) in [6, 6.07) is 8.07. The van der Waals surface area contributed by atoms with Crippen LogP contribution in [-0.4, -0.2) is 51.5 Å². The van der Waals surface area contributed by atoms with Crippen LogP contribution in [-0.2, 0) is 4.79 Å². The van der Waals surface area contributed by atoms with Gasteiger partial charge in [0.05, 0.1) is 12.9 Å². The topological polar surface area (TPSA) is 60.2 Å². The van der Waals surface area contributed by atoms with E-state index in [9.17, 15) is 4.79 Å². The number of ether oxygens (including phenoxy) is 1. The van der Waals surface area contributed by atoms with Gasteiger partial charge < -0.3 is 9.64 Å². The molecule has 0 N–H and O–H groups in total. The van der Waals surface area contributed by atoms with E-state index in [4.69, 9.17) is 4.74 Å². The monoisotopic (exact) mass is 360 g/mol. The number of carbonyl (C=O) groups is 1. The predicted octanol–water partition coefficient (Wildman–Crippen LogP) is 3.16. The molecule has 0 atom stereocenters. The Morgan fingerprint density at radius 1 is 1.28 bits per heavy atom. The molecule has 0 spiro atoms. The number of rotatable bonds is 6. The number of amides is 1. The normalized spacial score (nSPS) is 15.1. The molecule has 7 heteroatoms. The number of hydrogen-bond donors (Lipinski definition) is 0. The van der Waals surface area contributed by atoms with Crippen molar-refractivity contribution in [2.75, 3.05) is 19.9 Å². The van der Waals surface area contributed by atoms with Crippen LogP contribution in [0.4, 0.5) is 0 Å². The maximum Gasteiger partial charge on any atom is 0.233 e. The molecular formula is C18H24N4O2S. The Bertz CT molecular complexity index is 695. The molecule has 1 amide bonds. The number of nitrogens with zero attached hydrogens (tertiary/aromatic N) is 4. The van der Waals surface area contributed by atoms with Gasteiger partial charge in [-0.2, -0.15) is 0 Å². The van der Waals surface area contributed by atoms with Gasteiger partial charge in [-0.25, -0.2) is 0 Å². The van der Waals surface area contributed by atoms with Crippen LogP contribution < -0.4 is 4.74 Å². The molecule has 2 aromatic rings. The quantitative estimate of drug-likeness (QED) is 0.741. The number of hydrogen-bond acceptors (Lipinski definition) is 5. The zero-order valence-electron chi connectivity index (χ0n) is 14.7. The van der Waals surface area contributed by atoms with Crippen molar-refractivity contribution in [2.45, 2.75) is 43.3 Å². The summed E-state index contributed by atoms with van der Waals surface area (Å²) in [5.41, 5.74) is 0.946. The van der Waals surface area contributed by atoms with E-state index in [1.54, 1.807) is 13.4 Å². The Hall–Kier alpha value is -2.02. The highest BCUT2D eigenvalue weighted by Gasteiger charge is 2.22. The first-order valence-electron chi connectivity index (χ1n) is 8.62. The molecule has 134 valence electrons. The summed E-state index contributed by atoms with van der Waals surface area (Å²) in [6.07, 6.45) is 7.64. The molecule has 1 aliphatic carbocycles. The van der Waals surface area contributed by atoms with Crippen molar-refractivity contribution in [1.82, 2.24) is 19.7 Å². The van der Waals surface area contributed by atoms with Gasteiger partial charge in [-0.05, 0) is 37.1 Å². The standard InChI is InChI=1S/C18H24N4O2S/c1-21(14-6-4-3-5-7-14)17(23)12-25-18-20-19-13-22(18)15-8-10-16(24-2)11-9-15/h8-11,13-14H,3-7,12H2,1-2H3. The Morgan fingerprint density at radius 2 is 2.00 bits per heavy atom. The van der Waals surface area contributed by atoms with E-state index in [1.807, 2.05) is 40.8 Å². The highest BCUT2D eigenvalue weighted by Crippen LogP contribution is 2.24. The van der Waals surface area contributed by atoms with Gasteiger partial charge in [0.25, 0.3) is 0 Å². The third-order valence-corrected chi connectivity index (χ3v) is 5.64. The predicted molar refractivity (Wildman–Crippen MR) is 98.3 cm³/mol. The molecule has 0 unspecified atom stereocenters. The summed E-state index contributed by atoms with van der Waals surface area (Å²) >= 11 is 1.43. The molecular weight excluding hydrogens is 336 g/mol. The van der Waals surface area contributed by atoms with Gasteiger partial charge >= 0.3 is 0 Å². The fourth-order valence-electron chi connectivity index (χ4n) is 3.14. The first-order chi connectivity index (χ1) is 12.2. The summed E-state index contributed by atoms with van der Waals surface area (Å²) in [5, 5.41) is 8.86. The smallest absolute Gasteiger partial charge is 0.233 e. The third-order valence-electron chi connectivity index (χ3n) is 4.71. The molecule has 1 saturated carbocycles. The van der Waals surface area contributed by atoms with Crippen LogP contribution in [0.2, 0.25) is 0 Å². The first-order valence-corrected chi connectivity index (χ1v) is 9.60. The molecule has 25 heavy (non-hydrogen) atoms. The van der Waals surface area contributed by atoms with Crippen LogP contribution in [0.1, 0.15) is 32.1 Å². The van der Waals surface area contributed by atoms with Crippen LogP contribution in [0.5, 0.6) is 5.75 Å². The molecule has 6 nitrogen and oxygen atoms in total. The van der Waals surface area contributed by atoms with Crippen LogP contribution in [0.3, 0.4) is 0 Å². The van der Waals surface area contributed by atoms with Gasteiger partial charge in [-0.1, -0.05) is 31.0 Å². The van der Waals surface area contributed by atoms with E-state index in [1.165, 1.54) is 31.0 Å². The molecule has 1 fully saturated rings. The molecule has 3 rings (SSSR count). The van der Waals surface area contributed by atoms with Gasteiger partial charge in [-0.15, -0.1) is 10.2 Å². The second kappa shape index (κ2) is 8.38. The molecule has 0 bridgehead atoms. The number of thioether (sulfide) groups is 1.